The summed E-state index contributed by atoms with van der Waals surface area (Å²) in [6.07, 6.45) is 0. The number of hydrazine groups is 1. The van der Waals surface area contributed by atoms with E-state index in [1.54, 1.807) is 7.11 Å². The fraction of sp³-hybridized carbons (Fsp3) is 0.235. The molecule has 0 radical (unpaired) electrons. The van der Waals surface area contributed by atoms with E-state index in [9.17, 15) is 0 Å². The van der Waals surface area contributed by atoms with Gasteiger partial charge in [-0.2, -0.15) is 10.2 Å². The molecule has 1 aliphatic rings. The Kier molecular flexibility index (Phi) is 3.83. The Morgan fingerprint density at radius 2 is 1.91 bits per heavy atom. The summed E-state index contributed by atoms with van der Waals surface area (Å²) in [5.74, 6) is 7.12. The van der Waals surface area contributed by atoms with Crippen molar-refractivity contribution in [2.75, 3.05) is 7.11 Å². The molecule has 1 unspecified atom stereocenters. The number of amidine groups is 1. The van der Waals surface area contributed by atoms with E-state index in [1.807, 2.05) is 55.5 Å². The number of rotatable bonds is 4. The predicted octanol–water partition coefficient (Wildman–Crippen LogP) is 3.36. The number of azo groups is 1. The molecule has 2 aromatic carbocycles. The zero-order chi connectivity index (χ0) is 16.4. The number of methoxy groups -OCH3 is 1. The predicted molar refractivity (Wildman–Crippen MR) is 88.8 cm³/mol. The Labute approximate surface area is 135 Å². The van der Waals surface area contributed by atoms with Crippen molar-refractivity contribution in [2.45, 2.75) is 19.0 Å². The molecule has 3 N–H and O–H groups in total. The largest absolute Gasteiger partial charge is 0.497 e. The number of nitrogens with two attached hydrogens (primary N) is 1. The second-order valence-electron chi connectivity index (χ2n) is 5.61. The van der Waals surface area contributed by atoms with Crippen molar-refractivity contribution in [1.29, 1.82) is 5.41 Å². The molecule has 0 bridgehead atoms. The molecule has 0 aromatic heterocycles. The molecular weight excluding hydrogens is 290 g/mol. The molecule has 0 saturated carbocycles. The molecule has 2 aromatic rings. The van der Waals surface area contributed by atoms with Crippen LogP contribution < -0.4 is 10.6 Å². The molecule has 1 aliphatic heterocycles. The molecule has 1 atom stereocenters. The van der Waals surface area contributed by atoms with E-state index in [1.165, 1.54) is 5.01 Å². The minimum Gasteiger partial charge on any atom is -0.497 e. The minimum absolute atomic E-state index is 0.210. The summed E-state index contributed by atoms with van der Waals surface area (Å²) in [6, 6.07) is 15.3. The van der Waals surface area contributed by atoms with Crippen LogP contribution in [-0.2, 0) is 12.1 Å². The highest BCUT2D eigenvalue weighted by molar-refractivity contribution is 5.91. The second-order valence-corrected chi connectivity index (χ2v) is 5.61. The number of hydrogen-bond acceptors (Lipinski definition) is 5. The third kappa shape index (κ3) is 2.68. The summed E-state index contributed by atoms with van der Waals surface area (Å²) in [5, 5.41) is 18.3. The highest BCUT2D eigenvalue weighted by Gasteiger charge is 2.40. The van der Waals surface area contributed by atoms with Gasteiger partial charge in [-0.05, 0) is 30.7 Å². The van der Waals surface area contributed by atoms with Crippen molar-refractivity contribution in [2.24, 2.45) is 16.1 Å². The summed E-state index contributed by atoms with van der Waals surface area (Å²) in [7, 11) is 1.63. The van der Waals surface area contributed by atoms with Crippen molar-refractivity contribution in [3.8, 4) is 5.75 Å². The molecule has 118 valence electrons. The first kappa shape index (κ1) is 15.2. The van der Waals surface area contributed by atoms with Crippen LogP contribution in [0.2, 0.25) is 0 Å². The lowest BCUT2D eigenvalue weighted by Gasteiger charge is -2.29. The smallest absolute Gasteiger partial charge is 0.164 e. The molecule has 0 aliphatic carbocycles. The van der Waals surface area contributed by atoms with E-state index >= 15 is 0 Å². The van der Waals surface area contributed by atoms with Gasteiger partial charge in [-0.3, -0.25) is 10.4 Å². The molecule has 1 heterocycles. The Morgan fingerprint density at radius 3 is 2.61 bits per heavy atom. The normalized spacial score (nSPS) is 18.6. The maximum atomic E-state index is 8.47. The van der Waals surface area contributed by atoms with Gasteiger partial charge in [-0.1, -0.05) is 30.3 Å². The fourth-order valence-corrected chi connectivity index (χ4v) is 2.64. The van der Waals surface area contributed by atoms with Gasteiger partial charge in [0, 0.05) is 5.56 Å². The maximum absolute atomic E-state index is 8.47. The van der Waals surface area contributed by atoms with E-state index in [-0.39, 0.29) is 5.84 Å². The Bertz CT molecular complexity index is 756. The van der Waals surface area contributed by atoms with Crippen LogP contribution in [0.3, 0.4) is 0 Å². The van der Waals surface area contributed by atoms with Gasteiger partial charge in [-0.15, -0.1) is 0 Å². The third-order valence-corrected chi connectivity index (χ3v) is 4.05. The quantitative estimate of drug-likeness (QED) is 0.393. The van der Waals surface area contributed by atoms with Crippen LogP contribution in [-0.4, -0.2) is 18.0 Å². The topological polar surface area (TPSA) is 87.1 Å². The Hall–Kier alpha value is -2.73. The van der Waals surface area contributed by atoms with E-state index in [2.05, 4.69) is 10.2 Å². The van der Waals surface area contributed by atoms with Crippen molar-refractivity contribution in [3.63, 3.8) is 0 Å². The first-order valence-corrected chi connectivity index (χ1v) is 7.31. The molecule has 0 fully saturated rings. The van der Waals surface area contributed by atoms with E-state index in [4.69, 9.17) is 16.0 Å². The number of nitrogens with one attached hydrogen (secondary N) is 1. The average molecular weight is 309 g/mol. The molecule has 6 nitrogen and oxygen atoms in total. The molecule has 0 spiro atoms. The van der Waals surface area contributed by atoms with Gasteiger partial charge in [0.25, 0.3) is 0 Å². The Balaban J connectivity index is 1.78. The van der Waals surface area contributed by atoms with E-state index in [0.717, 1.165) is 22.6 Å². The van der Waals surface area contributed by atoms with Crippen LogP contribution in [0.5, 0.6) is 5.75 Å². The van der Waals surface area contributed by atoms with Gasteiger partial charge in [0.15, 0.2) is 5.54 Å². The van der Waals surface area contributed by atoms with Crippen molar-refractivity contribution in [3.05, 3.63) is 59.7 Å². The van der Waals surface area contributed by atoms with Crippen LogP contribution >= 0.6 is 0 Å². The molecule has 6 heteroatoms. The van der Waals surface area contributed by atoms with E-state index in [0.29, 0.717) is 6.54 Å². The highest BCUT2D eigenvalue weighted by atomic mass is 16.5. The molecular formula is C17H19N5O. The van der Waals surface area contributed by atoms with Crippen LogP contribution in [0.1, 0.15) is 18.1 Å². The van der Waals surface area contributed by atoms with Crippen LogP contribution in [0.4, 0.5) is 5.69 Å². The molecule has 0 amide bonds. The lowest BCUT2D eigenvalue weighted by Crippen LogP contribution is -2.46. The zero-order valence-electron chi connectivity index (χ0n) is 13.2. The zero-order valence-corrected chi connectivity index (χ0v) is 13.2. The molecule has 23 heavy (non-hydrogen) atoms. The lowest BCUT2D eigenvalue weighted by molar-refractivity contribution is 0.389. The maximum Gasteiger partial charge on any atom is 0.164 e. The summed E-state index contributed by atoms with van der Waals surface area (Å²) in [5.41, 5.74) is 1.83. The van der Waals surface area contributed by atoms with Gasteiger partial charge < -0.3 is 4.74 Å². The van der Waals surface area contributed by atoms with Gasteiger partial charge >= 0.3 is 0 Å². The molecule has 0 saturated heterocycles. The van der Waals surface area contributed by atoms with Crippen LogP contribution in [0, 0.1) is 5.41 Å². The van der Waals surface area contributed by atoms with Crippen molar-refractivity contribution < 1.29 is 4.74 Å². The number of nitrogens with zero attached hydrogens (tertiary/aromatic N) is 3. The fourth-order valence-electron chi connectivity index (χ4n) is 2.64. The monoisotopic (exact) mass is 309 g/mol. The Morgan fingerprint density at radius 1 is 1.22 bits per heavy atom. The average Bonchev–Trinajstić information content (AvgIpc) is 2.93. The van der Waals surface area contributed by atoms with Crippen molar-refractivity contribution in [1.82, 2.24) is 5.01 Å². The van der Waals surface area contributed by atoms with Crippen LogP contribution in [0.15, 0.2) is 58.8 Å². The highest BCUT2D eigenvalue weighted by Crippen LogP contribution is 2.41. The third-order valence-electron chi connectivity index (χ3n) is 4.05. The first-order chi connectivity index (χ1) is 11.0. The number of benzene rings is 2. The number of fused-ring (bicyclic) bond motifs is 1. The van der Waals surface area contributed by atoms with Crippen molar-refractivity contribution >= 4 is 11.5 Å². The summed E-state index contributed by atoms with van der Waals surface area (Å²) >= 11 is 0. The summed E-state index contributed by atoms with van der Waals surface area (Å²) in [6.45, 7) is 2.27. The number of hydrogen-bond donors (Lipinski definition) is 2. The minimum atomic E-state index is -0.849. The van der Waals surface area contributed by atoms with Gasteiger partial charge in [-0.25, -0.2) is 5.84 Å². The van der Waals surface area contributed by atoms with Gasteiger partial charge in [0.05, 0.1) is 19.3 Å². The van der Waals surface area contributed by atoms with Gasteiger partial charge in [0.2, 0.25) is 0 Å². The van der Waals surface area contributed by atoms with E-state index < -0.39 is 5.54 Å². The summed E-state index contributed by atoms with van der Waals surface area (Å²) in [4.78, 5) is 0. The standard InChI is InChI=1S/C17H19N5O/c1-17(14-5-3-4-6-15(14)20-21-17)16(18)22(19)11-12-7-9-13(23-2)10-8-12/h3-10,18H,11,19H2,1-2H3. The van der Waals surface area contributed by atoms with Gasteiger partial charge in [0.1, 0.15) is 11.6 Å². The SMILES string of the molecule is COc1ccc(CN(N)C(=N)C2(C)N=Nc3ccccc32)cc1. The second kappa shape index (κ2) is 5.81. The number of ether oxygens (including phenoxy) is 1. The molecule has 3 rings (SSSR count). The lowest BCUT2D eigenvalue weighted by atomic mass is 9.91. The first-order valence-electron chi connectivity index (χ1n) is 7.31. The summed E-state index contributed by atoms with van der Waals surface area (Å²) < 4.78 is 5.14. The van der Waals surface area contributed by atoms with Crippen LogP contribution in [0.25, 0.3) is 0 Å².